The van der Waals surface area contributed by atoms with Gasteiger partial charge in [0, 0.05) is 34.6 Å². The maximum absolute atomic E-state index is 6.02. The van der Waals surface area contributed by atoms with Crippen molar-refractivity contribution in [1.82, 2.24) is 4.90 Å². The maximum atomic E-state index is 6.02. The van der Waals surface area contributed by atoms with E-state index in [1.165, 1.54) is 36.6 Å². The fourth-order valence-corrected chi connectivity index (χ4v) is 3.35. The molecule has 0 radical (unpaired) electrons. The van der Waals surface area contributed by atoms with Gasteiger partial charge in [-0.1, -0.05) is 22.0 Å². The van der Waals surface area contributed by atoms with E-state index < -0.39 is 0 Å². The summed E-state index contributed by atoms with van der Waals surface area (Å²) in [7, 11) is 0. The van der Waals surface area contributed by atoms with E-state index in [1.54, 1.807) is 0 Å². The summed E-state index contributed by atoms with van der Waals surface area (Å²) in [6.07, 6.45) is 1.29. The second-order valence-electron chi connectivity index (χ2n) is 4.05. The Hall–Kier alpha value is -0.190. The number of nitrogens with zero attached hydrogens (tertiary/aromatic N) is 1. The van der Waals surface area contributed by atoms with Crippen molar-refractivity contribution < 1.29 is 0 Å². The molecule has 1 fully saturated rings. The van der Waals surface area contributed by atoms with E-state index in [-0.39, 0.29) is 0 Å². The van der Waals surface area contributed by atoms with Gasteiger partial charge < -0.3 is 5.73 Å². The summed E-state index contributed by atoms with van der Waals surface area (Å²) in [6, 6.07) is 6.03. The molecule has 0 bridgehead atoms. The van der Waals surface area contributed by atoms with Crippen molar-refractivity contribution in [2.24, 2.45) is 0 Å². The van der Waals surface area contributed by atoms with Gasteiger partial charge in [0.1, 0.15) is 0 Å². The number of rotatable bonds is 2. The normalized spacial score (nSPS) is 18.3. The topological polar surface area (TPSA) is 29.3 Å². The van der Waals surface area contributed by atoms with Crippen molar-refractivity contribution >= 4 is 33.4 Å². The largest absolute Gasteiger partial charge is 0.398 e. The van der Waals surface area contributed by atoms with Gasteiger partial charge in [-0.2, -0.15) is 11.8 Å². The minimum atomic E-state index is 0.895. The number of benzene rings is 1. The summed E-state index contributed by atoms with van der Waals surface area (Å²) in [5, 5.41) is 0. The molecule has 1 aromatic carbocycles. The first-order valence-electron chi connectivity index (χ1n) is 5.60. The number of hydrogen-bond acceptors (Lipinski definition) is 3. The lowest BCUT2D eigenvalue weighted by Crippen LogP contribution is -2.26. The van der Waals surface area contributed by atoms with Gasteiger partial charge in [-0.3, -0.25) is 4.90 Å². The Kier molecular flexibility index (Phi) is 4.55. The molecule has 1 saturated heterocycles. The van der Waals surface area contributed by atoms with Crippen LogP contribution in [0.4, 0.5) is 5.69 Å². The molecule has 1 aliphatic heterocycles. The van der Waals surface area contributed by atoms with Gasteiger partial charge in [-0.05, 0) is 30.9 Å². The van der Waals surface area contributed by atoms with Crippen molar-refractivity contribution in [3.63, 3.8) is 0 Å². The predicted molar refractivity (Wildman–Crippen MR) is 75.8 cm³/mol. The molecule has 2 rings (SSSR count). The molecule has 0 aliphatic carbocycles. The van der Waals surface area contributed by atoms with E-state index in [1.807, 2.05) is 12.1 Å². The highest BCUT2D eigenvalue weighted by atomic mass is 79.9. The zero-order valence-corrected chi connectivity index (χ0v) is 11.7. The summed E-state index contributed by atoms with van der Waals surface area (Å²) in [6.45, 7) is 3.33. The summed E-state index contributed by atoms with van der Waals surface area (Å²) in [4.78, 5) is 2.50. The molecule has 0 amide bonds. The zero-order chi connectivity index (χ0) is 11.4. The lowest BCUT2D eigenvalue weighted by atomic mass is 10.1. The molecule has 0 unspecified atom stereocenters. The second-order valence-corrected chi connectivity index (χ2v) is 6.13. The van der Waals surface area contributed by atoms with Gasteiger partial charge in [-0.15, -0.1) is 0 Å². The number of anilines is 1. The van der Waals surface area contributed by atoms with Crippen LogP contribution in [0.1, 0.15) is 12.0 Å². The van der Waals surface area contributed by atoms with Crippen LogP contribution in [0.2, 0.25) is 0 Å². The van der Waals surface area contributed by atoms with E-state index in [4.69, 9.17) is 5.73 Å². The molecule has 0 spiro atoms. The Morgan fingerprint density at radius 3 is 3.00 bits per heavy atom. The summed E-state index contributed by atoms with van der Waals surface area (Å²) in [5.74, 6) is 2.53. The SMILES string of the molecule is Nc1cccc(Br)c1CN1CCCSCC1. The third-order valence-corrected chi connectivity index (χ3v) is 4.64. The molecular weight excluding hydrogens is 284 g/mol. The highest BCUT2D eigenvalue weighted by Gasteiger charge is 2.12. The third-order valence-electron chi connectivity index (χ3n) is 2.85. The summed E-state index contributed by atoms with van der Waals surface area (Å²) < 4.78 is 1.13. The lowest BCUT2D eigenvalue weighted by Gasteiger charge is -2.21. The van der Waals surface area contributed by atoms with Crippen molar-refractivity contribution in [3.05, 3.63) is 28.2 Å². The molecule has 1 heterocycles. The van der Waals surface area contributed by atoms with Crippen LogP contribution in [0.25, 0.3) is 0 Å². The van der Waals surface area contributed by atoms with Crippen LogP contribution in [0.15, 0.2) is 22.7 Å². The van der Waals surface area contributed by atoms with E-state index >= 15 is 0 Å². The highest BCUT2D eigenvalue weighted by Crippen LogP contribution is 2.25. The fourth-order valence-electron chi connectivity index (χ4n) is 1.92. The molecular formula is C12H17BrN2S. The second kappa shape index (κ2) is 5.94. The third kappa shape index (κ3) is 3.15. The Morgan fingerprint density at radius 1 is 1.31 bits per heavy atom. The standard InChI is InChI=1S/C12H17BrN2S/c13-11-3-1-4-12(14)10(11)9-15-5-2-7-16-8-6-15/h1,3-4H,2,5-9,14H2. The Morgan fingerprint density at radius 2 is 2.19 bits per heavy atom. The van der Waals surface area contributed by atoms with Crippen LogP contribution in [-0.2, 0) is 6.54 Å². The van der Waals surface area contributed by atoms with Gasteiger partial charge in [0.15, 0.2) is 0 Å². The molecule has 1 aliphatic rings. The number of halogens is 1. The first kappa shape index (κ1) is 12.3. The summed E-state index contributed by atoms with van der Waals surface area (Å²) in [5.41, 5.74) is 8.14. The smallest absolute Gasteiger partial charge is 0.0371 e. The monoisotopic (exact) mass is 300 g/mol. The average Bonchev–Trinajstić information content (AvgIpc) is 2.52. The van der Waals surface area contributed by atoms with Crippen LogP contribution in [-0.4, -0.2) is 29.5 Å². The lowest BCUT2D eigenvalue weighted by molar-refractivity contribution is 0.287. The molecule has 0 aromatic heterocycles. The van der Waals surface area contributed by atoms with Gasteiger partial charge in [0.25, 0.3) is 0 Å². The molecule has 0 atom stereocenters. The van der Waals surface area contributed by atoms with Gasteiger partial charge in [0.2, 0.25) is 0 Å². The van der Waals surface area contributed by atoms with Gasteiger partial charge in [0.05, 0.1) is 0 Å². The van der Waals surface area contributed by atoms with Crippen molar-refractivity contribution in [1.29, 1.82) is 0 Å². The quantitative estimate of drug-likeness (QED) is 0.852. The van der Waals surface area contributed by atoms with E-state index in [2.05, 4.69) is 38.7 Å². The van der Waals surface area contributed by atoms with Crippen LogP contribution >= 0.6 is 27.7 Å². The molecule has 1 aromatic rings. The van der Waals surface area contributed by atoms with Crippen molar-refractivity contribution in [3.8, 4) is 0 Å². The first-order chi connectivity index (χ1) is 7.77. The van der Waals surface area contributed by atoms with E-state index in [0.29, 0.717) is 0 Å². The van der Waals surface area contributed by atoms with E-state index in [0.717, 1.165) is 16.7 Å². The molecule has 4 heteroatoms. The Labute approximate surface area is 110 Å². The predicted octanol–water partition coefficient (Wildman–Crippen LogP) is 2.97. The number of thioether (sulfide) groups is 1. The highest BCUT2D eigenvalue weighted by molar-refractivity contribution is 9.10. The molecule has 88 valence electrons. The first-order valence-corrected chi connectivity index (χ1v) is 7.55. The van der Waals surface area contributed by atoms with E-state index in [9.17, 15) is 0 Å². The number of nitrogens with two attached hydrogens (primary N) is 1. The number of hydrogen-bond donors (Lipinski definition) is 1. The Balaban J connectivity index is 2.07. The molecule has 2 N–H and O–H groups in total. The summed E-state index contributed by atoms with van der Waals surface area (Å²) >= 11 is 5.64. The number of nitrogen functional groups attached to an aromatic ring is 1. The fraction of sp³-hybridized carbons (Fsp3) is 0.500. The molecule has 2 nitrogen and oxygen atoms in total. The maximum Gasteiger partial charge on any atom is 0.0371 e. The molecule has 0 saturated carbocycles. The Bertz CT molecular complexity index is 329. The van der Waals surface area contributed by atoms with Crippen LogP contribution in [0.3, 0.4) is 0 Å². The van der Waals surface area contributed by atoms with Crippen LogP contribution in [0.5, 0.6) is 0 Å². The van der Waals surface area contributed by atoms with Crippen molar-refractivity contribution in [2.75, 3.05) is 30.3 Å². The van der Waals surface area contributed by atoms with Crippen LogP contribution < -0.4 is 5.73 Å². The minimum Gasteiger partial charge on any atom is -0.398 e. The molecule has 16 heavy (non-hydrogen) atoms. The minimum absolute atomic E-state index is 0.895. The van der Waals surface area contributed by atoms with Crippen molar-refractivity contribution in [2.45, 2.75) is 13.0 Å². The zero-order valence-electron chi connectivity index (χ0n) is 9.29. The average molecular weight is 301 g/mol. The van der Waals surface area contributed by atoms with Gasteiger partial charge >= 0.3 is 0 Å². The van der Waals surface area contributed by atoms with Crippen LogP contribution in [0, 0.1) is 0 Å². The van der Waals surface area contributed by atoms with Gasteiger partial charge in [-0.25, -0.2) is 0 Å².